The molecule has 0 spiro atoms. The highest BCUT2D eigenvalue weighted by Gasteiger charge is 2.11. The highest BCUT2D eigenvalue weighted by molar-refractivity contribution is 7.88. The van der Waals surface area contributed by atoms with E-state index in [0.717, 1.165) is 6.26 Å². The van der Waals surface area contributed by atoms with Gasteiger partial charge in [0.1, 0.15) is 6.10 Å². The summed E-state index contributed by atoms with van der Waals surface area (Å²) < 4.78 is 28.6. The lowest BCUT2D eigenvalue weighted by atomic mass is 10.4. The van der Waals surface area contributed by atoms with Crippen LogP contribution in [0.25, 0.3) is 0 Å². The molecule has 1 amide bonds. The smallest absolute Gasteiger partial charge is 0.248 e. The lowest BCUT2D eigenvalue weighted by Gasteiger charge is -2.11. The number of carbonyl (C=O) groups excluding carboxylic acids is 1. The average Bonchev–Trinajstić information content (AvgIpc) is 2.11. The van der Waals surface area contributed by atoms with Gasteiger partial charge in [-0.2, -0.15) is 0 Å². The molecule has 0 saturated carbocycles. The number of nitrogens with one attached hydrogen (secondary N) is 2. The van der Waals surface area contributed by atoms with Crippen molar-refractivity contribution in [1.82, 2.24) is 10.0 Å². The van der Waals surface area contributed by atoms with Gasteiger partial charge in [-0.25, -0.2) is 13.1 Å². The van der Waals surface area contributed by atoms with Crippen molar-refractivity contribution in [2.75, 3.05) is 26.0 Å². The molecule has 15 heavy (non-hydrogen) atoms. The van der Waals surface area contributed by atoms with E-state index >= 15 is 0 Å². The third kappa shape index (κ3) is 8.34. The minimum atomic E-state index is -3.19. The molecule has 2 N–H and O–H groups in total. The summed E-state index contributed by atoms with van der Waals surface area (Å²) in [5, 5.41) is 2.55. The number of amides is 1. The van der Waals surface area contributed by atoms with E-state index in [9.17, 15) is 13.2 Å². The Labute approximate surface area is 90.4 Å². The monoisotopic (exact) mass is 238 g/mol. The Morgan fingerprint density at radius 2 is 2.00 bits per heavy atom. The topological polar surface area (TPSA) is 84.5 Å². The molecule has 0 aliphatic rings. The number of sulfonamides is 1. The van der Waals surface area contributed by atoms with Gasteiger partial charge in [0, 0.05) is 19.7 Å². The zero-order valence-corrected chi connectivity index (χ0v) is 10.1. The van der Waals surface area contributed by atoms with Crippen LogP contribution >= 0.6 is 0 Å². The summed E-state index contributed by atoms with van der Waals surface area (Å²) in [6.45, 7) is 4.35. The Morgan fingerprint density at radius 3 is 2.47 bits per heavy atom. The van der Waals surface area contributed by atoms with Crippen LogP contribution in [-0.4, -0.2) is 46.4 Å². The second-order valence-electron chi connectivity index (χ2n) is 3.06. The standard InChI is InChI=1S/C8H18N2O4S/c1-4-14-7(2)8(11)9-5-6-10-15(3,12)13/h7,10H,4-6H2,1-3H3,(H,9,11)/t7-/m1/s1. The fourth-order valence-corrected chi connectivity index (χ4v) is 1.36. The van der Waals surface area contributed by atoms with E-state index in [2.05, 4.69) is 10.0 Å². The van der Waals surface area contributed by atoms with Crippen molar-refractivity contribution in [2.24, 2.45) is 0 Å². The minimum Gasteiger partial charge on any atom is -0.369 e. The molecule has 1 atom stereocenters. The van der Waals surface area contributed by atoms with Crippen LogP contribution in [0.1, 0.15) is 13.8 Å². The van der Waals surface area contributed by atoms with Gasteiger partial charge in [0.15, 0.2) is 0 Å². The van der Waals surface area contributed by atoms with Crippen LogP contribution in [0.3, 0.4) is 0 Å². The van der Waals surface area contributed by atoms with Crippen LogP contribution in [0.4, 0.5) is 0 Å². The molecular formula is C8H18N2O4S. The molecule has 0 aromatic heterocycles. The van der Waals surface area contributed by atoms with Gasteiger partial charge in [-0.1, -0.05) is 0 Å². The van der Waals surface area contributed by atoms with E-state index in [1.807, 2.05) is 0 Å². The second-order valence-corrected chi connectivity index (χ2v) is 4.89. The van der Waals surface area contributed by atoms with Crippen molar-refractivity contribution < 1.29 is 17.9 Å². The van der Waals surface area contributed by atoms with Gasteiger partial charge in [-0.15, -0.1) is 0 Å². The first kappa shape index (κ1) is 14.3. The maximum atomic E-state index is 11.2. The lowest BCUT2D eigenvalue weighted by molar-refractivity contribution is -0.131. The Hall–Kier alpha value is -0.660. The molecule has 7 heteroatoms. The Morgan fingerprint density at radius 1 is 1.40 bits per heavy atom. The number of hydrogen-bond donors (Lipinski definition) is 2. The summed E-state index contributed by atoms with van der Waals surface area (Å²) in [4.78, 5) is 11.2. The zero-order valence-electron chi connectivity index (χ0n) is 9.24. The summed E-state index contributed by atoms with van der Waals surface area (Å²) in [7, 11) is -3.19. The average molecular weight is 238 g/mol. The normalized spacial score (nSPS) is 13.5. The SMILES string of the molecule is CCO[C@H](C)C(=O)NCCNS(C)(=O)=O. The second kappa shape index (κ2) is 6.76. The molecule has 0 aromatic rings. The fraction of sp³-hybridized carbons (Fsp3) is 0.875. The van der Waals surface area contributed by atoms with E-state index < -0.39 is 16.1 Å². The maximum Gasteiger partial charge on any atom is 0.248 e. The van der Waals surface area contributed by atoms with Gasteiger partial charge in [0.25, 0.3) is 0 Å². The van der Waals surface area contributed by atoms with Crippen molar-refractivity contribution in [2.45, 2.75) is 20.0 Å². The van der Waals surface area contributed by atoms with Crippen molar-refractivity contribution in [3.63, 3.8) is 0 Å². The summed E-state index contributed by atoms with van der Waals surface area (Å²) in [6.07, 6.45) is 0.561. The van der Waals surface area contributed by atoms with Crippen molar-refractivity contribution >= 4 is 15.9 Å². The quantitative estimate of drug-likeness (QED) is 0.562. The van der Waals surface area contributed by atoms with Gasteiger partial charge >= 0.3 is 0 Å². The van der Waals surface area contributed by atoms with E-state index in [4.69, 9.17) is 4.74 Å². The Kier molecular flexibility index (Phi) is 6.46. The number of hydrogen-bond acceptors (Lipinski definition) is 4. The van der Waals surface area contributed by atoms with Crippen LogP contribution in [0, 0.1) is 0 Å². The van der Waals surface area contributed by atoms with Gasteiger partial charge < -0.3 is 10.1 Å². The molecule has 6 nitrogen and oxygen atoms in total. The largest absolute Gasteiger partial charge is 0.369 e. The molecule has 0 aromatic carbocycles. The van der Waals surface area contributed by atoms with Gasteiger partial charge in [0.05, 0.1) is 6.26 Å². The summed E-state index contributed by atoms with van der Waals surface area (Å²) in [5.41, 5.74) is 0. The fourth-order valence-electron chi connectivity index (χ4n) is 0.892. The third-order valence-corrected chi connectivity index (χ3v) is 2.30. The van der Waals surface area contributed by atoms with E-state index in [1.54, 1.807) is 13.8 Å². The van der Waals surface area contributed by atoms with Crippen LogP contribution in [0.15, 0.2) is 0 Å². The van der Waals surface area contributed by atoms with Crippen molar-refractivity contribution in [1.29, 1.82) is 0 Å². The van der Waals surface area contributed by atoms with Gasteiger partial charge in [-0.3, -0.25) is 4.79 Å². The molecule has 0 heterocycles. The third-order valence-electron chi connectivity index (χ3n) is 1.57. The molecule has 0 unspecified atom stereocenters. The molecular weight excluding hydrogens is 220 g/mol. The van der Waals surface area contributed by atoms with Crippen molar-refractivity contribution in [3.05, 3.63) is 0 Å². The first-order valence-corrected chi connectivity index (χ1v) is 6.60. The Balaban J connectivity index is 3.64. The maximum absolute atomic E-state index is 11.2. The van der Waals surface area contributed by atoms with Crippen LogP contribution in [0.2, 0.25) is 0 Å². The predicted octanol–water partition coefficient (Wildman–Crippen LogP) is -0.923. The number of ether oxygens (including phenoxy) is 1. The zero-order chi connectivity index (χ0) is 11.9. The van der Waals surface area contributed by atoms with Crippen LogP contribution in [0.5, 0.6) is 0 Å². The number of carbonyl (C=O) groups is 1. The van der Waals surface area contributed by atoms with Crippen molar-refractivity contribution in [3.8, 4) is 0 Å². The summed E-state index contributed by atoms with van der Waals surface area (Å²) in [6, 6.07) is 0. The molecule has 0 aliphatic carbocycles. The summed E-state index contributed by atoms with van der Waals surface area (Å²) in [5.74, 6) is -0.243. The molecule has 0 rings (SSSR count). The predicted molar refractivity (Wildman–Crippen MR) is 56.9 cm³/mol. The first-order valence-electron chi connectivity index (χ1n) is 4.70. The minimum absolute atomic E-state index is 0.184. The van der Waals surface area contributed by atoms with E-state index in [-0.39, 0.29) is 19.0 Å². The molecule has 0 radical (unpaired) electrons. The molecule has 0 bridgehead atoms. The van der Waals surface area contributed by atoms with Crippen LogP contribution < -0.4 is 10.0 Å². The molecule has 0 aliphatic heterocycles. The lowest BCUT2D eigenvalue weighted by Crippen LogP contribution is -2.39. The van der Waals surface area contributed by atoms with E-state index in [1.165, 1.54) is 0 Å². The highest BCUT2D eigenvalue weighted by Crippen LogP contribution is 1.88. The molecule has 0 saturated heterocycles. The number of rotatable bonds is 7. The molecule has 90 valence electrons. The summed E-state index contributed by atoms with van der Waals surface area (Å²) >= 11 is 0. The Bertz CT molecular complexity index is 289. The van der Waals surface area contributed by atoms with Crippen LogP contribution in [-0.2, 0) is 19.6 Å². The van der Waals surface area contributed by atoms with Gasteiger partial charge in [0.2, 0.25) is 15.9 Å². The molecule has 0 fully saturated rings. The highest BCUT2D eigenvalue weighted by atomic mass is 32.2. The van der Waals surface area contributed by atoms with Gasteiger partial charge in [-0.05, 0) is 13.8 Å². The van der Waals surface area contributed by atoms with E-state index in [0.29, 0.717) is 6.61 Å². The first-order chi connectivity index (χ1) is 6.87.